The fourth-order valence-corrected chi connectivity index (χ4v) is 2.20. The molecular weight excluding hydrogens is 190 g/mol. The van der Waals surface area contributed by atoms with Gasteiger partial charge in [-0.05, 0) is 32.8 Å². The second-order valence-corrected chi connectivity index (χ2v) is 4.55. The van der Waals surface area contributed by atoms with E-state index in [9.17, 15) is 10.2 Å². The van der Waals surface area contributed by atoms with Crippen molar-refractivity contribution in [1.82, 2.24) is 0 Å². The predicted molar refractivity (Wildman–Crippen MR) is 59.1 cm³/mol. The van der Waals surface area contributed by atoms with Gasteiger partial charge in [0.15, 0.2) is 0 Å². The van der Waals surface area contributed by atoms with Crippen LogP contribution in [0.4, 0.5) is 0 Å². The van der Waals surface area contributed by atoms with Crippen LogP contribution in [0.15, 0.2) is 12.1 Å². The first kappa shape index (κ1) is 10.3. The van der Waals surface area contributed by atoms with Crippen molar-refractivity contribution < 1.29 is 10.2 Å². The molecule has 1 aliphatic rings. The minimum atomic E-state index is -0.0669. The monoisotopic (exact) mass is 207 g/mol. The van der Waals surface area contributed by atoms with Crippen LogP contribution in [-0.4, -0.2) is 16.3 Å². The minimum Gasteiger partial charge on any atom is -0.508 e. The summed E-state index contributed by atoms with van der Waals surface area (Å²) in [6.45, 7) is 3.68. The molecule has 4 N–H and O–H groups in total. The van der Waals surface area contributed by atoms with Crippen molar-refractivity contribution in [1.29, 1.82) is 0 Å². The highest BCUT2D eigenvalue weighted by atomic mass is 16.3. The van der Waals surface area contributed by atoms with Crippen molar-refractivity contribution >= 4 is 0 Å². The zero-order chi connectivity index (χ0) is 11.2. The minimum absolute atomic E-state index is 0.0346. The van der Waals surface area contributed by atoms with E-state index in [1.165, 1.54) is 0 Å². The molecule has 1 aromatic carbocycles. The van der Waals surface area contributed by atoms with E-state index in [2.05, 4.69) is 0 Å². The van der Waals surface area contributed by atoms with Gasteiger partial charge in [-0.15, -0.1) is 0 Å². The van der Waals surface area contributed by atoms with Crippen molar-refractivity contribution in [2.45, 2.75) is 38.1 Å². The second-order valence-electron chi connectivity index (χ2n) is 4.55. The first-order valence-electron chi connectivity index (χ1n) is 5.26. The van der Waals surface area contributed by atoms with Crippen LogP contribution in [0.3, 0.4) is 0 Å². The molecule has 15 heavy (non-hydrogen) atoms. The van der Waals surface area contributed by atoms with Gasteiger partial charge in [-0.1, -0.05) is 6.07 Å². The molecule has 2 rings (SSSR count). The maximum absolute atomic E-state index is 9.99. The molecule has 0 aliphatic heterocycles. The van der Waals surface area contributed by atoms with E-state index in [0.29, 0.717) is 5.56 Å². The zero-order valence-corrected chi connectivity index (χ0v) is 9.12. The topological polar surface area (TPSA) is 66.5 Å². The lowest BCUT2D eigenvalue weighted by Gasteiger charge is -2.22. The van der Waals surface area contributed by atoms with Crippen molar-refractivity contribution in [2.24, 2.45) is 5.73 Å². The SMILES string of the molecule is Cc1c(O)ccc(C2(C(C)N)CC2)c1O. The lowest BCUT2D eigenvalue weighted by Crippen LogP contribution is -2.31. The van der Waals surface area contributed by atoms with Crippen molar-refractivity contribution in [2.75, 3.05) is 0 Å². The Morgan fingerprint density at radius 2 is 1.93 bits per heavy atom. The Bertz CT molecular complexity index is 395. The van der Waals surface area contributed by atoms with E-state index in [0.717, 1.165) is 18.4 Å². The summed E-state index contributed by atoms with van der Waals surface area (Å²) in [6.07, 6.45) is 2.03. The third-order valence-electron chi connectivity index (χ3n) is 3.60. The highest BCUT2D eigenvalue weighted by Gasteiger charge is 2.49. The normalized spacial score (nSPS) is 19.9. The third kappa shape index (κ3) is 1.38. The summed E-state index contributed by atoms with van der Waals surface area (Å²) in [5.41, 5.74) is 7.30. The molecule has 0 radical (unpaired) electrons. The smallest absolute Gasteiger partial charge is 0.125 e. The number of benzene rings is 1. The summed E-state index contributed by atoms with van der Waals surface area (Å²) in [6, 6.07) is 3.45. The number of hydrogen-bond acceptors (Lipinski definition) is 3. The largest absolute Gasteiger partial charge is 0.508 e. The Morgan fingerprint density at radius 3 is 2.40 bits per heavy atom. The first-order chi connectivity index (χ1) is 6.99. The molecule has 0 aromatic heterocycles. The average Bonchev–Trinajstić information content (AvgIpc) is 2.95. The highest BCUT2D eigenvalue weighted by Crippen LogP contribution is 2.54. The first-order valence-corrected chi connectivity index (χ1v) is 5.26. The van der Waals surface area contributed by atoms with Crippen molar-refractivity contribution in [3.63, 3.8) is 0 Å². The summed E-state index contributed by atoms with van der Waals surface area (Å²) >= 11 is 0. The van der Waals surface area contributed by atoms with Gasteiger partial charge in [-0.2, -0.15) is 0 Å². The molecular formula is C12H17NO2. The number of rotatable bonds is 2. The number of nitrogens with two attached hydrogens (primary N) is 1. The summed E-state index contributed by atoms with van der Waals surface area (Å²) in [4.78, 5) is 0. The maximum Gasteiger partial charge on any atom is 0.125 e. The van der Waals surface area contributed by atoms with Crippen LogP contribution in [0.25, 0.3) is 0 Å². The van der Waals surface area contributed by atoms with Crippen molar-refractivity contribution in [3.05, 3.63) is 23.3 Å². The Balaban J connectivity index is 2.51. The molecule has 3 nitrogen and oxygen atoms in total. The van der Waals surface area contributed by atoms with Crippen LogP contribution in [0, 0.1) is 6.92 Å². The number of hydrogen-bond donors (Lipinski definition) is 3. The van der Waals surface area contributed by atoms with E-state index in [1.54, 1.807) is 19.1 Å². The molecule has 0 heterocycles. The average molecular weight is 207 g/mol. The van der Waals surface area contributed by atoms with E-state index >= 15 is 0 Å². The molecule has 1 saturated carbocycles. The Kier molecular flexibility index (Phi) is 2.15. The standard InChI is InChI=1S/C12H17NO2/c1-7-10(14)4-3-9(11(7)15)12(5-6-12)8(2)13/h3-4,8,14-15H,5-6,13H2,1-2H3. The lowest BCUT2D eigenvalue weighted by molar-refractivity contribution is 0.425. The highest BCUT2D eigenvalue weighted by molar-refractivity contribution is 5.53. The quantitative estimate of drug-likeness (QED) is 0.692. The van der Waals surface area contributed by atoms with Crippen LogP contribution in [0.1, 0.15) is 30.9 Å². The fourth-order valence-electron chi connectivity index (χ4n) is 2.20. The van der Waals surface area contributed by atoms with Gasteiger partial charge < -0.3 is 15.9 Å². The molecule has 0 bridgehead atoms. The van der Waals surface area contributed by atoms with E-state index < -0.39 is 0 Å². The molecule has 3 heteroatoms. The van der Waals surface area contributed by atoms with Crippen LogP contribution >= 0.6 is 0 Å². The van der Waals surface area contributed by atoms with Gasteiger partial charge in [0.05, 0.1) is 0 Å². The number of phenolic OH excluding ortho intramolecular Hbond substituents is 2. The van der Waals surface area contributed by atoms with E-state index in [1.807, 2.05) is 6.92 Å². The van der Waals surface area contributed by atoms with Gasteiger partial charge in [-0.3, -0.25) is 0 Å². The molecule has 0 saturated heterocycles. The zero-order valence-electron chi connectivity index (χ0n) is 9.12. The molecule has 1 fully saturated rings. The van der Waals surface area contributed by atoms with Gasteiger partial charge >= 0.3 is 0 Å². The Labute approximate surface area is 89.5 Å². The van der Waals surface area contributed by atoms with Gasteiger partial charge in [0.1, 0.15) is 11.5 Å². The number of aromatic hydroxyl groups is 2. The van der Waals surface area contributed by atoms with Crippen LogP contribution in [-0.2, 0) is 5.41 Å². The second kappa shape index (κ2) is 3.14. The fraction of sp³-hybridized carbons (Fsp3) is 0.500. The van der Waals surface area contributed by atoms with Gasteiger partial charge in [0, 0.05) is 22.6 Å². The van der Waals surface area contributed by atoms with Gasteiger partial charge in [-0.25, -0.2) is 0 Å². The Morgan fingerprint density at radius 1 is 1.33 bits per heavy atom. The summed E-state index contributed by atoms with van der Waals surface area (Å²) < 4.78 is 0. The molecule has 0 amide bonds. The summed E-state index contributed by atoms with van der Waals surface area (Å²) in [5, 5.41) is 19.4. The van der Waals surface area contributed by atoms with Crippen molar-refractivity contribution in [3.8, 4) is 11.5 Å². The number of phenols is 2. The van der Waals surface area contributed by atoms with Gasteiger partial charge in [0.25, 0.3) is 0 Å². The molecule has 1 unspecified atom stereocenters. The van der Waals surface area contributed by atoms with E-state index in [4.69, 9.17) is 5.73 Å². The summed E-state index contributed by atoms with van der Waals surface area (Å²) in [5.74, 6) is 0.335. The predicted octanol–water partition coefficient (Wildman–Crippen LogP) is 1.79. The molecule has 82 valence electrons. The molecule has 1 aromatic rings. The van der Waals surface area contributed by atoms with E-state index in [-0.39, 0.29) is 23.0 Å². The lowest BCUT2D eigenvalue weighted by atomic mass is 9.87. The van der Waals surface area contributed by atoms with Crippen LogP contribution < -0.4 is 5.73 Å². The molecule has 1 aliphatic carbocycles. The van der Waals surface area contributed by atoms with Gasteiger partial charge in [0.2, 0.25) is 0 Å². The maximum atomic E-state index is 9.99. The van der Waals surface area contributed by atoms with Crippen LogP contribution in [0.2, 0.25) is 0 Å². The Hall–Kier alpha value is -1.22. The van der Waals surface area contributed by atoms with Crippen LogP contribution in [0.5, 0.6) is 11.5 Å². The third-order valence-corrected chi connectivity index (χ3v) is 3.60. The molecule has 1 atom stereocenters. The molecule has 0 spiro atoms. The summed E-state index contributed by atoms with van der Waals surface area (Å²) in [7, 11) is 0.